The van der Waals surface area contributed by atoms with E-state index in [4.69, 9.17) is 4.42 Å². The van der Waals surface area contributed by atoms with E-state index in [-0.39, 0.29) is 23.5 Å². The lowest BCUT2D eigenvalue weighted by Gasteiger charge is -2.34. The molecule has 4 rings (SSSR count). The highest BCUT2D eigenvalue weighted by molar-refractivity contribution is 7.10. The Kier molecular flexibility index (Phi) is 4.23. The summed E-state index contributed by atoms with van der Waals surface area (Å²) < 4.78 is 4.97. The zero-order chi connectivity index (χ0) is 18.3. The summed E-state index contributed by atoms with van der Waals surface area (Å²) in [5.74, 6) is -0.321. The Morgan fingerprint density at radius 2 is 1.88 bits per heavy atom. The van der Waals surface area contributed by atoms with Crippen molar-refractivity contribution in [3.8, 4) is 0 Å². The highest BCUT2D eigenvalue weighted by Gasteiger charge is 2.46. The minimum absolute atomic E-state index is 0.0450. The fourth-order valence-corrected chi connectivity index (χ4v) is 4.25. The molecule has 0 radical (unpaired) electrons. The minimum Gasteiger partial charge on any atom is -0.395 e. The van der Waals surface area contributed by atoms with E-state index in [9.17, 15) is 19.7 Å². The molecule has 0 spiro atoms. The molecule has 0 N–H and O–H groups in total. The lowest BCUT2D eigenvalue weighted by atomic mass is 10.2. The van der Waals surface area contributed by atoms with Crippen molar-refractivity contribution in [1.29, 1.82) is 0 Å². The molecule has 1 aliphatic carbocycles. The summed E-state index contributed by atoms with van der Waals surface area (Å²) in [6.07, 6.45) is 0.897. The molecule has 136 valence electrons. The van der Waals surface area contributed by atoms with Gasteiger partial charge in [-0.3, -0.25) is 19.7 Å². The van der Waals surface area contributed by atoms with Gasteiger partial charge in [-0.15, -0.1) is 11.3 Å². The summed E-state index contributed by atoms with van der Waals surface area (Å²) in [6, 6.07) is 6.56. The number of carbonyl (C=O) groups excluding carboxylic acids is 2. The number of carbonyl (C=O) groups is 2. The molecule has 2 atom stereocenters. The number of rotatable bonds is 4. The molecule has 9 heteroatoms. The molecule has 0 bridgehead atoms. The summed E-state index contributed by atoms with van der Waals surface area (Å²) in [7, 11) is 0. The van der Waals surface area contributed by atoms with Crippen LogP contribution in [0.3, 0.4) is 0 Å². The number of hydrogen-bond donors (Lipinski definition) is 0. The van der Waals surface area contributed by atoms with Gasteiger partial charge in [-0.1, -0.05) is 6.07 Å². The second-order valence-electron chi connectivity index (χ2n) is 6.48. The van der Waals surface area contributed by atoms with E-state index in [0.717, 1.165) is 6.42 Å². The van der Waals surface area contributed by atoms with Gasteiger partial charge in [0.2, 0.25) is 5.91 Å². The molecule has 1 aliphatic heterocycles. The highest BCUT2D eigenvalue weighted by atomic mass is 32.1. The summed E-state index contributed by atoms with van der Waals surface area (Å²) in [4.78, 5) is 39.6. The predicted octanol–water partition coefficient (Wildman–Crippen LogP) is 2.34. The molecule has 2 amide bonds. The van der Waals surface area contributed by atoms with Crippen LogP contribution in [-0.4, -0.2) is 52.7 Å². The topological polar surface area (TPSA) is 96.9 Å². The third-order valence-electron chi connectivity index (χ3n) is 4.88. The Balaban J connectivity index is 1.32. The first kappa shape index (κ1) is 16.8. The monoisotopic (exact) mass is 375 g/mol. The van der Waals surface area contributed by atoms with Gasteiger partial charge < -0.3 is 14.2 Å². The van der Waals surface area contributed by atoms with Crippen LogP contribution in [-0.2, 0) is 4.79 Å². The van der Waals surface area contributed by atoms with Crippen molar-refractivity contribution in [2.24, 2.45) is 5.92 Å². The SMILES string of the molecule is O=C(c1ccc([N+](=O)[O-])o1)N1CCN(C(=O)[C@H]2C[C@H]2c2cccs2)CC1. The van der Waals surface area contributed by atoms with Gasteiger partial charge in [-0.05, 0) is 23.9 Å². The molecule has 1 saturated heterocycles. The number of amides is 2. The van der Waals surface area contributed by atoms with Crippen LogP contribution in [0.4, 0.5) is 5.88 Å². The van der Waals surface area contributed by atoms with E-state index in [2.05, 4.69) is 6.07 Å². The van der Waals surface area contributed by atoms with Gasteiger partial charge in [0, 0.05) is 42.9 Å². The first-order valence-electron chi connectivity index (χ1n) is 8.40. The van der Waals surface area contributed by atoms with Gasteiger partial charge in [0.25, 0.3) is 5.91 Å². The van der Waals surface area contributed by atoms with Crippen molar-refractivity contribution in [3.05, 3.63) is 50.4 Å². The summed E-state index contributed by atoms with van der Waals surface area (Å²) >= 11 is 1.69. The maximum Gasteiger partial charge on any atom is 0.433 e. The molecular formula is C17H17N3O5S. The number of thiophene rings is 1. The molecule has 0 unspecified atom stereocenters. The fraction of sp³-hybridized carbons (Fsp3) is 0.412. The van der Waals surface area contributed by atoms with Crippen molar-refractivity contribution in [2.75, 3.05) is 26.2 Å². The van der Waals surface area contributed by atoms with Crippen LogP contribution >= 0.6 is 11.3 Å². The van der Waals surface area contributed by atoms with E-state index in [1.807, 2.05) is 16.3 Å². The van der Waals surface area contributed by atoms with Crippen LogP contribution in [0.5, 0.6) is 0 Å². The molecule has 3 heterocycles. The van der Waals surface area contributed by atoms with Gasteiger partial charge >= 0.3 is 5.88 Å². The second-order valence-corrected chi connectivity index (χ2v) is 7.46. The average Bonchev–Trinajstić information content (AvgIpc) is 3.06. The van der Waals surface area contributed by atoms with Crippen molar-refractivity contribution in [2.45, 2.75) is 12.3 Å². The molecule has 2 aliphatic rings. The Morgan fingerprint density at radius 3 is 2.50 bits per heavy atom. The number of nitrogens with zero attached hydrogens (tertiary/aromatic N) is 3. The third kappa shape index (κ3) is 3.10. The molecular weight excluding hydrogens is 358 g/mol. The molecule has 1 saturated carbocycles. The van der Waals surface area contributed by atoms with Crippen LogP contribution in [0.25, 0.3) is 0 Å². The maximum atomic E-state index is 12.6. The van der Waals surface area contributed by atoms with Crippen molar-refractivity contribution < 1.29 is 18.9 Å². The highest BCUT2D eigenvalue weighted by Crippen LogP contribution is 2.50. The van der Waals surface area contributed by atoms with Crippen LogP contribution in [0.1, 0.15) is 27.8 Å². The quantitative estimate of drug-likeness (QED) is 0.603. The first-order chi connectivity index (χ1) is 12.5. The van der Waals surface area contributed by atoms with Gasteiger partial charge in [-0.25, -0.2) is 0 Å². The molecule has 2 fully saturated rings. The summed E-state index contributed by atoms with van der Waals surface area (Å²) in [5, 5.41) is 12.7. The van der Waals surface area contributed by atoms with E-state index < -0.39 is 10.8 Å². The van der Waals surface area contributed by atoms with Crippen molar-refractivity contribution >= 4 is 29.0 Å². The van der Waals surface area contributed by atoms with Crippen LogP contribution < -0.4 is 0 Å². The summed E-state index contributed by atoms with van der Waals surface area (Å²) in [6.45, 7) is 1.74. The van der Waals surface area contributed by atoms with Crippen LogP contribution in [0, 0.1) is 16.0 Å². The average molecular weight is 375 g/mol. The summed E-state index contributed by atoms with van der Waals surface area (Å²) in [5.41, 5.74) is 0. The molecule has 2 aromatic heterocycles. The van der Waals surface area contributed by atoms with Gasteiger partial charge in [0.05, 0.1) is 6.07 Å². The molecule has 0 aromatic carbocycles. The normalized spacial score (nSPS) is 22.3. The Morgan fingerprint density at radius 1 is 1.15 bits per heavy atom. The third-order valence-corrected chi connectivity index (χ3v) is 5.88. The lowest BCUT2D eigenvalue weighted by molar-refractivity contribution is -0.402. The van der Waals surface area contributed by atoms with Gasteiger partial charge in [0.1, 0.15) is 4.92 Å². The lowest BCUT2D eigenvalue weighted by Crippen LogP contribution is -2.51. The molecule has 8 nitrogen and oxygen atoms in total. The maximum absolute atomic E-state index is 12.6. The predicted molar refractivity (Wildman–Crippen MR) is 93.0 cm³/mol. The Labute approximate surface area is 153 Å². The standard InChI is InChI=1S/C17H17N3O5S/c21-16(12-10-11(12)14-2-1-9-26-14)18-5-7-19(8-6-18)17(22)13-3-4-15(25-13)20(23)24/h1-4,9,11-12H,5-8,10H2/t11-,12+/m1/s1. The number of furan rings is 1. The second kappa shape index (κ2) is 6.56. The van der Waals surface area contributed by atoms with Crippen molar-refractivity contribution in [1.82, 2.24) is 9.80 Å². The minimum atomic E-state index is -0.674. The largest absolute Gasteiger partial charge is 0.433 e. The van der Waals surface area contributed by atoms with E-state index >= 15 is 0 Å². The van der Waals surface area contributed by atoms with Crippen molar-refractivity contribution in [3.63, 3.8) is 0 Å². The van der Waals surface area contributed by atoms with E-state index in [0.29, 0.717) is 32.1 Å². The smallest absolute Gasteiger partial charge is 0.395 e. The van der Waals surface area contributed by atoms with E-state index in [1.165, 1.54) is 17.0 Å². The zero-order valence-corrected chi connectivity index (χ0v) is 14.7. The Bertz CT molecular complexity index is 838. The number of hydrogen-bond acceptors (Lipinski definition) is 6. The Hall–Kier alpha value is -2.68. The fourth-order valence-electron chi connectivity index (χ4n) is 3.35. The van der Waals surface area contributed by atoms with Crippen LogP contribution in [0.15, 0.2) is 34.1 Å². The van der Waals surface area contributed by atoms with Crippen LogP contribution in [0.2, 0.25) is 0 Å². The van der Waals surface area contributed by atoms with Gasteiger partial charge in [-0.2, -0.15) is 0 Å². The number of nitro groups is 1. The first-order valence-corrected chi connectivity index (χ1v) is 9.28. The molecule has 26 heavy (non-hydrogen) atoms. The van der Waals surface area contributed by atoms with Gasteiger partial charge in [0.15, 0.2) is 5.76 Å². The molecule has 2 aromatic rings. The zero-order valence-electron chi connectivity index (χ0n) is 13.9. The number of piperazine rings is 1. The van der Waals surface area contributed by atoms with E-state index in [1.54, 1.807) is 16.2 Å².